The number of halogens is 2. The SMILES string of the molecule is CC(=O)N(C1CCC(C)C(Br)C1)C1CCC(C)C(Br)C1. The Hall–Kier alpha value is 0.430. The fraction of sp³-hybridized carbons (Fsp3) is 0.938. The van der Waals surface area contributed by atoms with Crippen LogP contribution in [0.2, 0.25) is 0 Å². The Labute approximate surface area is 140 Å². The molecule has 116 valence electrons. The smallest absolute Gasteiger partial charge is 0.219 e. The Kier molecular flexibility index (Phi) is 5.98. The monoisotopic (exact) mass is 407 g/mol. The molecule has 0 heterocycles. The van der Waals surface area contributed by atoms with E-state index in [4.69, 9.17) is 0 Å². The summed E-state index contributed by atoms with van der Waals surface area (Å²) in [5.41, 5.74) is 0. The van der Waals surface area contributed by atoms with Gasteiger partial charge in [0.05, 0.1) is 0 Å². The first kappa shape index (κ1) is 16.8. The number of carbonyl (C=O) groups is 1. The van der Waals surface area contributed by atoms with Crippen molar-refractivity contribution in [3.63, 3.8) is 0 Å². The fourth-order valence-corrected chi connectivity index (χ4v) is 5.20. The topological polar surface area (TPSA) is 20.3 Å². The van der Waals surface area contributed by atoms with Gasteiger partial charge in [-0.1, -0.05) is 45.7 Å². The lowest BCUT2D eigenvalue weighted by atomic mass is 9.82. The summed E-state index contributed by atoms with van der Waals surface area (Å²) in [6.07, 6.45) is 7.01. The first-order valence-electron chi connectivity index (χ1n) is 7.97. The average molecular weight is 409 g/mol. The van der Waals surface area contributed by atoms with Gasteiger partial charge < -0.3 is 4.90 Å². The van der Waals surface area contributed by atoms with Gasteiger partial charge in [-0.3, -0.25) is 4.79 Å². The summed E-state index contributed by atoms with van der Waals surface area (Å²) in [6.45, 7) is 6.37. The number of rotatable bonds is 2. The molecular weight excluding hydrogens is 382 g/mol. The van der Waals surface area contributed by atoms with E-state index < -0.39 is 0 Å². The van der Waals surface area contributed by atoms with Gasteiger partial charge in [0.25, 0.3) is 0 Å². The molecule has 0 spiro atoms. The zero-order chi connectivity index (χ0) is 14.9. The molecule has 0 aromatic carbocycles. The van der Waals surface area contributed by atoms with Crippen molar-refractivity contribution in [3.8, 4) is 0 Å². The molecule has 0 bridgehead atoms. The van der Waals surface area contributed by atoms with Gasteiger partial charge in [-0.25, -0.2) is 0 Å². The van der Waals surface area contributed by atoms with E-state index in [9.17, 15) is 4.79 Å². The van der Waals surface area contributed by atoms with Gasteiger partial charge >= 0.3 is 0 Å². The molecule has 6 unspecified atom stereocenters. The van der Waals surface area contributed by atoms with Gasteiger partial charge in [0.15, 0.2) is 0 Å². The molecule has 0 radical (unpaired) electrons. The molecule has 2 fully saturated rings. The molecule has 0 aromatic rings. The number of carbonyl (C=O) groups excluding carboxylic acids is 1. The summed E-state index contributed by atoms with van der Waals surface area (Å²) in [4.78, 5) is 15.6. The first-order chi connectivity index (χ1) is 9.40. The number of alkyl halides is 2. The van der Waals surface area contributed by atoms with E-state index in [1.165, 1.54) is 25.7 Å². The van der Waals surface area contributed by atoms with E-state index in [1.54, 1.807) is 6.92 Å². The van der Waals surface area contributed by atoms with E-state index in [-0.39, 0.29) is 5.91 Å². The summed E-state index contributed by atoms with van der Waals surface area (Å²) in [5, 5.41) is 0. The Morgan fingerprint density at radius 2 is 1.30 bits per heavy atom. The molecule has 0 aliphatic heterocycles. The third kappa shape index (κ3) is 3.79. The molecule has 2 saturated carbocycles. The molecule has 0 saturated heterocycles. The molecule has 2 rings (SSSR count). The van der Waals surface area contributed by atoms with Crippen LogP contribution in [0.1, 0.15) is 59.3 Å². The highest BCUT2D eigenvalue weighted by molar-refractivity contribution is 9.09. The third-order valence-corrected chi connectivity index (χ3v) is 7.84. The van der Waals surface area contributed by atoms with E-state index in [1.807, 2.05) is 0 Å². The first-order valence-corrected chi connectivity index (χ1v) is 9.80. The predicted molar refractivity (Wildman–Crippen MR) is 91.6 cm³/mol. The number of nitrogens with zero attached hydrogens (tertiary/aromatic N) is 1. The Bertz CT molecular complexity index is 323. The minimum absolute atomic E-state index is 0.267. The lowest BCUT2D eigenvalue weighted by Crippen LogP contribution is -2.51. The second kappa shape index (κ2) is 7.13. The number of amides is 1. The average Bonchev–Trinajstić information content (AvgIpc) is 2.38. The molecule has 0 aromatic heterocycles. The molecular formula is C16H27Br2NO. The van der Waals surface area contributed by atoms with Crippen LogP contribution in [0.5, 0.6) is 0 Å². The minimum atomic E-state index is 0.267. The van der Waals surface area contributed by atoms with E-state index >= 15 is 0 Å². The predicted octanol–water partition coefficient (Wildman–Crippen LogP) is 4.74. The highest BCUT2D eigenvalue weighted by Crippen LogP contribution is 2.37. The van der Waals surface area contributed by atoms with Gasteiger partial charge in [0, 0.05) is 28.7 Å². The van der Waals surface area contributed by atoms with Gasteiger partial charge in [-0.2, -0.15) is 0 Å². The minimum Gasteiger partial charge on any atom is -0.337 e. The van der Waals surface area contributed by atoms with Crippen LogP contribution < -0.4 is 0 Å². The number of hydrogen-bond donors (Lipinski definition) is 0. The zero-order valence-corrected chi connectivity index (χ0v) is 16.0. The van der Waals surface area contributed by atoms with Crippen molar-refractivity contribution in [2.24, 2.45) is 11.8 Å². The summed E-state index contributed by atoms with van der Waals surface area (Å²) >= 11 is 7.62. The molecule has 20 heavy (non-hydrogen) atoms. The molecule has 0 N–H and O–H groups in total. The maximum atomic E-state index is 12.2. The zero-order valence-electron chi connectivity index (χ0n) is 12.8. The van der Waals surface area contributed by atoms with Crippen molar-refractivity contribution in [2.75, 3.05) is 0 Å². The summed E-state index contributed by atoms with van der Waals surface area (Å²) in [7, 11) is 0. The van der Waals surface area contributed by atoms with Crippen LogP contribution in [0, 0.1) is 11.8 Å². The van der Waals surface area contributed by atoms with Crippen LogP contribution in [0.4, 0.5) is 0 Å². The molecule has 4 heteroatoms. The van der Waals surface area contributed by atoms with Crippen LogP contribution in [-0.2, 0) is 4.79 Å². The normalized spacial score (nSPS) is 42.2. The van der Waals surface area contributed by atoms with Gasteiger partial charge in [0.1, 0.15) is 0 Å². The molecule has 6 atom stereocenters. The van der Waals surface area contributed by atoms with Crippen molar-refractivity contribution in [1.29, 1.82) is 0 Å². The molecule has 2 aliphatic carbocycles. The van der Waals surface area contributed by atoms with Crippen molar-refractivity contribution in [3.05, 3.63) is 0 Å². The maximum absolute atomic E-state index is 12.2. The van der Waals surface area contributed by atoms with Crippen molar-refractivity contribution in [1.82, 2.24) is 4.90 Å². The van der Waals surface area contributed by atoms with Crippen LogP contribution in [0.3, 0.4) is 0 Å². The Morgan fingerprint density at radius 3 is 1.60 bits per heavy atom. The Morgan fingerprint density at radius 1 is 0.900 bits per heavy atom. The molecule has 1 amide bonds. The summed E-state index contributed by atoms with van der Waals surface area (Å²) < 4.78 is 0. The van der Waals surface area contributed by atoms with Crippen molar-refractivity contribution < 1.29 is 4.79 Å². The van der Waals surface area contributed by atoms with Gasteiger partial charge in [-0.05, 0) is 50.4 Å². The molecule has 2 nitrogen and oxygen atoms in total. The maximum Gasteiger partial charge on any atom is 0.219 e. The highest BCUT2D eigenvalue weighted by atomic mass is 79.9. The largest absolute Gasteiger partial charge is 0.337 e. The third-order valence-electron chi connectivity index (χ3n) is 5.29. The number of hydrogen-bond acceptors (Lipinski definition) is 1. The lowest BCUT2D eigenvalue weighted by molar-refractivity contribution is -0.135. The Balaban J connectivity index is 2.06. The van der Waals surface area contributed by atoms with Crippen LogP contribution in [0.15, 0.2) is 0 Å². The van der Waals surface area contributed by atoms with E-state index in [0.29, 0.717) is 21.7 Å². The van der Waals surface area contributed by atoms with Crippen LogP contribution in [0.25, 0.3) is 0 Å². The van der Waals surface area contributed by atoms with Crippen LogP contribution in [-0.4, -0.2) is 32.5 Å². The highest BCUT2D eigenvalue weighted by Gasteiger charge is 2.37. The van der Waals surface area contributed by atoms with Crippen LogP contribution >= 0.6 is 31.9 Å². The summed E-state index contributed by atoms with van der Waals surface area (Å²) in [6, 6.07) is 0.873. The quantitative estimate of drug-likeness (QED) is 0.604. The second-order valence-electron chi connectivity index (χ2n) is 6.85. The second-order valence-corrected chi connectivity index (χ2v) is 9.20. The van der Waals surface area contributed by atoms with Crippen molar-refractivity contribution >= 4 is 37.8 Å². The van der Waals surface area contributed by atoms with Gasteiger partial charge in [0.2, 0.25) is 5.91 Å². The standard InChI is InChI=1S/C16H27Br2NO/c1-10-4-6-13(8-15(10)17)19(12(3)20)14-7-5-11(2)16(18)9-14/h10-11,13-16H,4-9H2,1-3H3. The van der Waals surface area contributed by atoms with E-state index in [2.05, 4.69) is 50.6 Å². The lowest BCUT2D eigenvalue weighted by Gasteiger charge is -2.45. The molecule has 2 aliphatic rings. The fourth-order valence-electron chi connectivity index (χ4n) is 3.81. The summed E-state index contributed by atoms with van der Waals surface area (Å²) in [5.74, 6) is 1.73. The van der Waals surface area contributed by atoms with Crippen molar-refractivity contribution in [2.45, 2.75) is 81.0 Å². The van der Waals surface area contributed by atoms with Gasteiger partial charge in [-0.15, -0.1) is 0 Å². The van der Waals surface area contributed by atoms with E-state index in [0.717, 1.165) is 24.7 Å².